The second-order valence-corrected chi connectivity index (χ2v) is 3.42. The summed E-state index contributed by atoms with van der Waals surface area (Å²) in [6.45, 7) is 0. The molecular formula is C10H15NO. The van der Waals surface area contributed by atoms with Crippen LogP contribution in [0.3, 0.4) is 0 Å². The Balaban J connectivity index is 2.60. The first-order valence-corrected chi connectivity index (χ1v) is 4.51. The molecule has 0 amide bonds. The van der Waals surface area contributed by atoms with Gasteiger partial charge in [0.2, 0.25) is 5.78 Å². The van der Waals surface area contributed by atoms with Crippen LogP contribution in [-0.2, 0) is 4.79 Å². The molecule has 2 atom stereocenters. The van der Waals surface area contributed by atoms with Crippen molar-refractivity contribution in [2.24, 2.45) is 11.7 Å². The number of carbonyl (C=O) groups excluding carboxylic acids is 1. The summed E-state index contributed by atoms with van der Waals surface area (Å²) in [6.07, 6.45) is 10.3. The van der Waals surface area contributed by atoms with E-state index in [1.807, 2.05) is 0 Å². The third kappa shape index (κ3) is 2.09. The van der Waals surface area contributed by atoms with Crippen molar-refractivity contribution in [3.8, 4) is 12.3 Å². The van der Waals surface area contributed by atoms with E-state index in [2.05, 4.69) is 5.92 Å². The van der Waals surface area contributed by atoms with E-state index in [1.165, 1.54) is 6.42 Å². The minimum atomic E-state index is -0.107. The van der Waals surface area contributed by atoms with Gasteiger partial charge in [-0.1, -0.05) is 19.3 Å². The zero-order chi connectivity index (χ0) is 8.97. The molecule has 1 aliphatic carbocycles. The molecule has 1 saturated carbocycles. The highest BCUT2D eigenvalue weighted by Crippen LogP contribution is 2.22. The Morgan fingerprint density at radius 3 is 2.67 bits per heavy atom. The van der Waals surface area contributed by atoms with Gasteiger partial charge in [-0.25, -0.2) is 0 Å². The van der Waals surface area contributed by atoms with E-state index in [1.54, 1.807) is 0 Å². The Kier molecular flexibility index (Phi) is 3.31. The Labute approximate surface area is 73.5 Å². The molecule has 0 aromatic carbocycles. The fourth-order valence-electron chi connectivity index (χ4n) is 1.77. The molecule has 1 aliphatic rings. The van der Waals surface area contributed by atoms with Gasteiger partial charge in [0, 0.05) is 12.0 Å². The summed E-state index contributed by atoms with van der Waals surface area (Å²) in [5.41, 5.74) is 5.84. The quantitative estimate of drug-likeness (QED) is 0.359. The van der Waals surface area contributed by atoms with E-state index in [0.717, 1.165) is 25.7 Å². The molecule has 0 saturated heterocycles. The van der Waals surface area contributed by atoms with E-state index < -0.39 is 0 Å². The van der Waals surface area contributed by atoms with E-state index in [-0.39, 0.29) is 17.7 Å². The maximum absolute atomic E-state index is 11.2. The van der Waals surface area contributed by atoms with Crippen LogP contribution < -0.4 is 5.73 Å². The van der Waals surface area contributed by atoms with Crippen LogP contribution in [0.15, 0.2) is 0 Å². The zero-order valence-corrected chi connectivity index (χ0v) is 7.25. The maximum Gasteiger partial charge on any atom is 0.209 e. The van der Waals surface area contributed by atoms with Gasteiger partial charge in [0.15, 0.2) is 0 Å². The normalized spacial score (nSPS) is 30.3. The topological polar surface area (TPSA) is 43.1 Å². The van der Waals surface area contributed by atoms with Crippen LogP contribution in [0.1, 0.15) is 32.1 Å². The van der Waals surface area contributed by atoms with Gasteiger partial charge in [-0.3, -0.25) is 4.79 Å². The van der Waals surface area contributed by atoms with Gasteiger partial charge in [0.05, 0.1) is 0 Å². The SMILES string of the molecule is C#CC(=O)C1CCCCCC1N. The third-order valence-electron chi connectivity index (χ3n) is 2.55. The number of Topliss-reactive ketones (excluding diaryl/α,β-unsaturated/α-hetero) is 1. The van der Waals surface area contributed by atoms with Crippen LogP contribution in [0.4, 0.5) is 0 Å². The van der Waals surface area contributed by atoms with Gasteiger partial charge in [0.25, 0.3) is 0 Å². The predicted octanol–water partition coefficient (Wildman–Crippen LogP) is 1.10. The highest BCUT2D eigenvalue weighted by molar-refractivity contribution is 5.97. The summed E-state index contributed by atoms with van der Waals surface area (Å²) in [5, 5.41) is 0. The van der Waals surface area contributed by atoms with Crippen molar-refractivity contribution in [2.45, 2.75) is 38.1 Å². The molecule has 2 nitrogen and oxygen atoms in total. The first kappa shape index (κ1) is 9.28. The molecule has 66 valence electrons. The Hall–Kier alpha value is -0.810. The lowest BCUT2D eigenvalue weighted by atomic mass is 9.91. The molecule has 2 unspecified atom stereocenters. The van der Waals surface area contributed by atoms with Crippen molar-refractivity contribution in [3.63, 3.8) is 0 Å². The molecule has 0 aromatic heterocycles. The molecule has 0 aliphatic heterocycles. The Morgan fingerprint density at radius 2 is 2.00 bits per heavy atom. The molecule has 2 N–H and O–H groups in total. The highest BCUT2D eigenvalue weighted by Gasteiger charge is 2.25. The number of carbonyl (C=O) groups is 1. The highest BCUT2D eigenvalue weighted by atomic mass is 16.1. The molecule has 0 bridgehead atoms. The van der Waals surface area contributed by atoms with Crippen molar-refractivity contribution in [1.29, 1.82) is 0 Å². The fraction of sp³-hybridized carbons (Fsp3) is 0.700. The van der Waals surface area contributed by atoms with Crippen LogP contribution >= 0.6 is 0 Å². The van der Waals surface area contributed by atoms with Crippen molar-refractivity contribution < 1.29 is 4.79 Å². The first-order chi connectivity index (χ1) is 5.75. The number of nitrogens with two attached hydrogens (primary N) is 1. The monoisotopic (exact) mass is 165 g/mol. The zero-order valence-electron chi connectivity index (χ0n) is 7.25. The molecule has 0 radical (unpaired) electrons. The number of ketones is 1. The Bertz CT molecular complexity index is 204. The van der Waals surface area contributed by atoms with Crippen molar-refractivity contribution in [2.75, 3.05) is 0 Å². The van der Waals surface area contributed by atoms with Crippen molar-refractivity contribution in [1.82, 2.24) is 0 Å². The smallest absolute Gasteiger partial charge is 0.209 e. The molecule has 0 heterocycles. The summed E-state index contributed by atoms with van der Waals surface area (Å²) >= 11 is 0. The van der Waals surface area contributed by atoms with Crippen LogP contribution in [0.25, 0.3) is 0 Å². The number of hydrogen-bond acceptors (Lipinski definition) is 2. The van der Waals surface area contributed by atoms with Crippen molar-refractivity contribution in [3.05, 3.63) is 0 Å². The Morgan fingerprint density at radius 1 is 1.33 bits per heavy atom. The van der Waals surface area contributed by atoms with Gasteiger partial charge < -0.3 is 5.73 Å². The summed E-state index contributed by atoms with van der Waals surface area (Å²) in [4.78, 5) is 11.2. The summed E-state index contributed by atoms with van der Waals surface area (Å²) in [6, 6.07) is -0.00366. The molecule has 12 heavy (non-hydrogen) atoms. The average molecular weight is 165 g/mol. The standard InChI is InChI=1S/C10H15NO/c1-2-10(12)8-6-4-3-5-7-9(8)11/h1,8-9H,3-7,11H2. The molecule has 1 fully saturated rings. The molecule has 1 rings (SSSR count). The van der Waals surface area contributed by atoms with Crippen LogP contribution in [-0.4, -0.2) is 11.8 Å². The lowest BCUT2D eigenvalue weighted by Gasteiger charge is -2.16. The molecular weight excluding hydrogens is 150 g/mol. The fourth-order valence-corrected chi connectivity index (χ4v) is 1.77. The molecule has 0 aromatic rings. The number of terminal acetylenes is 1. The number of rotatable bonds is 1. The van der Waals surface area contributed by atoms with Crippen LogP contribution in [0.2, 0.25) is 0 Å². The molecule has 0 spiro atoms. The predicted molar refractivity (Wildman–Crippen MR) is 48.4 cm³/mol. The van der Waals surface area contributed by atoms with Gasteiger partial charge in [-0.2, -0.15) is 0 Å². The number of hydrogen-bond donors (Lipinski definition) is 1. The summed E-state index contributed by atoms with van der Waals surface area (Å²) in [5.74, 6) is 2.00. The van der Waals surface area contributed by atoms with E-state index in [9.17, 15) is 4.79 Å². The van der Waals surface area contributed by atoms with Gasteiger partial charge in [-0.05, 0) is 18.8 Å². The summed E-state index contributed by atoms with van der Waals surface area (Å²) < 4.78 is 0. The van der Waals surface area contributed by atoms with E-state index in [0.29, 0.717) is 0 Å². The largest absolute Gasteiger partial charge is 0.327 e. The maximum atomic E-state index is 11.2. The van der Waals surface area contributed by atoms with Crippen LogP contribution in [0, 0.1) is 18.3 Å². The first-order valence-electron chi connectivity index (χ1n) is 4.51. The van der Waals surface area contributed by atoms with E-state index in [4.69, 9.17) is 12.2 Å². The summed E-state index contributed by atoms with van der Waals surface area (Å²) in [7, 11) is 0. The lowest BCUT2D eigenvalue weighted by Crippen LogP contribution is -2.33. The second-order valence-electron chi connectivity index (χ2n) is 3.42. The minimum Gasteiger partial charge on any atom is -0.327 e. The van der Waals surface area contributed by atoms with Gasteiger partial charge in [0.1, 0.15) is 0 Å². The van der Waals surface area contributed by atoms with Gasteiger partial charge in [-0.15, -0.1) is 6.42 Å². The van der Waals surface area contributed by atoms with E-state index >= 15 is 0 Å². The molecule has 2 heteroatoms. The minimum absolute atomic E-state index is 0.00366. The van der Waals surface area contributed by atoms with Gasteiger partial charge >= 0.3 is 0 Å². The lowest BCUT2D eigenvalue weighted by molar-refractivity contribution is -0.118. The average Bonchev–Trinajstić information content (AvgIpc) is 2.28. The second kappa shape index (κ2) is 4.27. The third-order valence-corrected chi connectivity index (χ3v) is 2.55. The van der Waals surface area contributed by atoms with Crippen molar-refractivity contribution >= 4 is 5.78 Å². The van der Waals surface area contributed by atoms with Crippen LogP contribution in [0.5, 0.6) is 0 Å².